The van der Waals surface area contributed by atoms with Crippen molar-refractivity contribution in [2.75, 3.05) is 17.3 Å². The predicted molar refractivity (Wildman–Crippen MR) is 108 cm³/mol. The van der Waals surface area contributed by atoms with Crippen molar-refractivity contribution >= 4 is 29.1 Å². The Morgan fingerprint density at radius 2 is 1.69 bits per heavy atom. The van der Waals surface area contributed by atoms with Crippen molar-refractivity contribution < 1.29 is 19.1 Å². The van der Waals surface area contributed by atoms with Gasteiger partial charge in [-0.1, -0.05) is 24.3 Å². The Bertz CT molecular complexity index is 1030. The first-order valence-corrected chi connectivity index (χ1v) is 9.68. The normalized spacial score (nSPS) is 26.7. The molecule has 2 fully saturated rings. The molecule has 5 rings (SSSR count). The Balaban J connectivity index is 1.39. The predicted octanol–water partition coefficient (Wildman–Crippen LogP) is 3.26. The third kappa shape index (κ3) is 2.75. The summed E-state index contributed by atoms with van der Waals surface area (Å²) in [5.74, 6) is -0.180. The number of nitrogens with zero attached hydrogens (tertiary/aromatic N) is 1. The van der Waals surface area contributed by atoms with Crippen LogP contribution in [-0.4, -0.2) is 24.8 Å². The fourth-order valence-electron chi connectivity index (χ4n) is 4.85. The second kappa shape index (κ2) is 6.58. The molecule has 146 valence electrons. The molecule has 6 nitrogen and oxygen atoms in total. The van der Waals surface area contributed by atoms with E-state index in [1.54, 1.807) is 55.6 Å². The summed E-state index contributed by atoms with van der Waals surface area (Å²) in [4.78, 5) is 39.9. The second-order valence-electron chi connectivity index (χ2n) is 7.75. The van der Waals surface area contributed by atoms with Crippen molar-refractivity contribution in [3.63, 3.8) is 0 Å². The van der Waals surface area contributed by atoms with Crippen LogP contribution in [0.3, 0.4) is 0 Å². The Labute approximate surface area is 168 Å². The first-order valence-electron chi connectivity index (χ1n) is 9.68. The molecule has 1 saturated heterocycles. The molecule has 4 atom stereocenters. The van der Waals surface area contributed by atoms with Gasteiger partial charge in [0.15, 0.2) is 0 Å². The van der Waals surface area contributed by atoms with Gasteiger partial charge in [0.1, 0.15) is 5.75 Å². The molecule has 0 spiro atoms. The minimum Gasteiger partial charge on any atom is -0.497 e. The van der Waals surface area contributed by atoms with E-state index in [-0.39, 0.29) is 41.4 Å². The molecule has 2 aromatic rings. The molecule has 2 aromatic carbocycles. The largest absolute Gasteiger partial charge is 0.497 e. The van der Waals surface area contributed by atoms with Crippen LogP contribution in [0.15, 0.2) is 60.7 Å². The maximum absolute atomic E-state index is 13.0. The Morgan fingerprint density at radius 1 is 1.00 bits per heavy atom. The maximum Gasteiger partial charge on any atom is 0.255 e. The number of methoxy groups -OCH3 is 1. The van der Waals surface area contributed by atoms with Gasteiger partial charge in [-0.25, -0.2) is 4.90 Å². The molecule has 2 bridgehead atoms. The van der Waals surface area contributed by atoms with E-state index in [0.29, 0.717) is 22.7 Å². The summed E-state index contributed by atoms with van der Waals surface area (Å²) in [6, 6.07) is 13.7. The number of hydrogen-bond acceptors (Lipinski definition) is 4. The zero-order chi connectivity index (χ0) is 20.1. The molecule has 6 heteroatoms. The lowest BCUT2D eigenvalue weighted by Gasteiger charge is -2.18. The molecule has 0 unspecified atom stereocenters. The van der Waals surface area contributed by atoms with E-state index in [1.165, 1.54) is 4.90 Å². The third-order valence-corrected chi connectivity index (χ3v) is 6.16. The number of amides is 3. The number of rotatable bonds is 4. The Kier molecular flexibility index (Phi) is 4.01. The van der Waals surface area contributed by atoms with Crippen molar-refractivity contribution in [1.29, 1.82) is 0 Å². The fourth-order valence-corrected chi connectivity index (χ4v) is 4.85. The molecule has 1 saturated carbocycles. The summed E-state index contributed by atoms with van der Waals surface area (Å²) in [6.07, 6.45) is 5.03. The maximum atomic E-state index is 13.0. The molecule has 1 aliphatic heterocycles. The topological polar surface area (TPSA) is 75.7 Å². The number of imide groups is 1. The highest BCUT2D eigenvalue weighted by molar-refractivity contribution is 6.23. The van der Waals surface area contributed by atoms with Crippen LogP contribution in [0, 0.1) is 23.7 Å². The van der Waals surface area contributed by atoms with Crippen LogP contribution < -0.4 is 15.0 Å². The zero-order valence-electron chi connectivity index (χ0n) is 15.9. The molecular formula is C23H20N2O4. The average Bonchev–Trinajstić information content (AvgIpc) is 3.42. The fraction of sp³-hybridized carbons (Fsp3) is 0.261. The van der Waals surface area contributed by atoms with Crippen LogP contribution in [0.1, 0.15) is 16.8 Å². The molecule has 1 heterocycles. The van der Waals surface area contributed by atoms with Crippen LogP contribution in [0.2, 0.25) is 0 Å². The van der Waals surface area contributed by atoms with Crippen molar-refractivity contribution in [2.24, 2.45) is 23.7 Å². The number of carbonyl (C=O) groups is 3. The quantitative estimate of drug-likeness (QED) is 0.644. The lowest BCUT2D eigenvalue weighted by Crippen LogP contribution is -2.33. The number of anilines is 2. The average molecular weight is 388 g/mol. The summed E-state index contributed by atoms with van der Waals surface area (Å²) in [5.41, 5.74) is 1.43. The van der Waals surface area contributed by atoms with Gasteiger partial charge in [0.05, 0.1) is 24.6 Å². The first kappa shape index (κ1) is 17.7. The molecule has 3 aliphatic rings. The molecule has 0 radical (unpaired) electrons. The van der Waals surface area contributed by atoms with Gasteiger partial charge in [0, 0.05) is 17.3 Å². The lowest BCUT2D eigenvalue weighted by molar-refractivity contribution is -0.123. The summed E-state index contributed by atoms with van der Waals surface area (Å²) in [7, 11) is 1.56. The highest BCUT2D eigenvalue weighted by Crippen LogP contribution is 2.53. The molecule has 2 aliphatic carbocycles. The minimum atomic E-state index is -0.318. The smallest absolute Gasteiger partial charge is 0.255 e. The molecule has 0 aromatic heterocycles. The second-order valence-corrected chi connectivity index (χ2v) is 7.75. The van der Waals surface area contributed by atoms with E-state index in [0.717, 1.165) is 6.42 Å². The standard InChI is InChI=1S/C23H20N2O4/c1-29-18-7-3-5-16(12-18)24-21(26)15-4-2-6-17(11-15)25-22(27)19-13-8-9-14(10-13)20(19)23(25)28/h2-9,11-14,19-20H,10H2,1H3,(H,24,26)/t13-,14-,19+,20+/m1/s1. The van der Waals surface area contributed by atoms with E-state index in [9.17, 15) is 14.4 Å². The number of ether oxygens (including phenoxy) is 1. The van der Waals surface area contributed by atoms with Gasteiger partial charge in [-0.2, -0.15) is 0 Å². The van der Waals surface area contributed by atoms with Gasteiger partial charge < -0.3 is 10.1 Å². The summed E-state index contributed by atoms with van der Waals surface area (Å²) in [5, 5.41) is 2.82. The van der Waals surface area contributed by atoms with Crippen LogP contribution in [0.5, 0.6) is 5.75 Å². The monoisotopic (exact) mass is 388 g/mol. The van der Waals surface area contributed by atoms with Crippen molar-refractivity contribution in [2.45, 2.75) is 6.42 Å². The number of nitrogens with one attached hydrogen (secondary N) is 1. The van der Waals surface area contributed by atoms with E-state index in [1.807, 2.05) is 0 Å². The molecular weight excluding hydrogens is 368 g/mol. The third-order valence-electron chi connectivity index (χ3n) is 6.16. The lowest BCUT2D eigenvalue weighted by atomic mass is 9.85. The van der Waals surface area contributed by atoms with Gasteiger partial charge in [0.25, 0.3) is 5.91 Å². The SMILES string of the molecule is COc1cccc(NC(=O)c2cccc(N3C(=O)[C@@H]4[C@@H](C3=O)[C@@H]3C=C[C@@H]4C3)c2)c1. The summed E-state index contributed by atoms with van der Waals surface area (Å²) >= 11 is 0. The van der Waals surface area contributed by atoms with Crippen LogP contribution in [0.25, 0.3) is 0 Å². The van der Waals surface area contributed by atoms with E-state index < -0.39 is 0 Å². The molecule has 29 heavy (non-hydrogen) atoms. The van der Waals surface area contributed by atoms with Crippen molar-refractivity contribution in [1.82, 2.24) is 0 Å². The van der Waals surface area contributed by atoms with Crippen LogP contribution >= 0.6 is 0 Å². The van der Waals surface area contributed by atoms with Crippen LogP contribution in [0.4, 0.5) is 11.4 Å². The van der Waals surface area contributed by atoms with Gasteiger partial charge >= 0.3 is 0 Å². The van der Waals surface area contributed by atoms with Gasteiger partial charge in [0.2, 0.25) is 11.8 Å². The van der Waals surface area contributed by atoms with Gasteiger partial charge in [-0.3, -0.25) is 14.4 Å². The number of benzene rings is 2. The summed E-state index contributed by atoms with van der Waals surface area (Å²) < 4.78 is 5.17. The highest BCUT2D eigenvalue weighted by atomic mass is 16.5. The molecule has 3 amide bonds. The summed E-state index contributed by atoms with van der Waals surface area (Å²) in [6.45, 7) is 0. The van der Waals surface area contributed by atoms with E-state index >= 15 is 0 Å². The number of carbonyl (C=O) groups excluding carboxylic acids is 3. The van der Waals surface area contributed by atoms with Gasteiger partial charge in [-0.15, -0.1) is 0 Å². The number of allylic oxidation sites excluding steroid dienone is 2. The zero-order valence-corrected chi connectivity index (χ0v) is 15.9. The Morgan fingerprint density at radius 3 is 2.38 bits per heavy atom. The van der Waals surface area contributed by atoms with Crippen molar-refractivity contribution in [3.05, 3.63) is 66.2 Å². The Hall–Kier alpha value is -3.41. The van der Waals surface area contributed by atoms with Gasteiger partial charge in [-0.05, 0) is 48.6 Å². The minimum absolute atomic E-state index is 0.151. The number of hydrogen-bond donors (Lipinski definition) is 1. The highest BCUT2D eigenvalue weighted by Gasteiger charge is 2.59. The molecule has 1 N–H and O–H groups in total. The van der Waals surface area contributed by atoms with Crippen LogP contribution in [-0.2, 0) is 9.59 Å². The first-order chi connectivity index (χ1) is 14.1. The van der Waals surface area contributed by atoms with Crippen molar-refractivity contribution in [3.8, 4) is 5.75 Å². The van der Waals surface area contributed by atoms with E-state index in [2.05, 4.69) is 17.5 Å². The van der Waals surface area contributed by atoms with E-state index in [4.69, 9.17) is 4.74 Å². The number of fused-ring (bicyclic) bond motifs is 5.